The Morgan fingerprint density at radius 3 is 2.52 bits per heavy atom. The third-order valence-electron chi connectivity index (χ3n) is 6.73. The van der Waals surface area contributed by atoms with Gasteiger partial charge in [-0.3, -0.25) is 9.69 Å². The molecule has 33 heavy (non-hydrogen) atoms. The van der Waals surface area contributed by atoms with Crippen LogP contribution in [0.15, 0.2) is 59.1 Å². The minimum Gasteiger partial charge on any atom is -0.384 e. The summed E-state index contributed by atoms with van der Waals surface area (Å²) in [7, 11) is 0. The van der Waals surface area contributed by atoms with Crippen LogP contribution in [0.4, 0.5) is 5.69 Å². The van der Waals surface area contributed by atoms with Crippen LogP contribution in [0, 0.1) is 16.7 Å². The van der Waals surface area contributed by atoms with E-state index in [-0.39, 0.29) is 17.1 Å². The van der Waals surface area contributed by atoms with E-state index in [0.29, 0.717) is 17.8 Å². The number of anilines is 1. The number of allylic oxidation sites excluding steroid dienone is 3. The van der Waals surface area contributed by atoms with Gasteiger partial charge in [0.25, 0.3) is 0 Å². The Morgan fingerprint density at radius 2 is 1.88 bits per heavy atom. The predicted molar refractivity (Wildman–Crippen MR) is 136 cm³/mol. The second kappa shape index (κ2) is 9.19. The van der Waals surface area contributed by atoms with E-state index in [1.54, 1.807) is 11.3 Å². The fraction of sp³-hybridized carbons (Fsp3) is 0.429. The van der Waals surface area contributed by atoms with Crippen LogP contribution < -0.4 is 10.6 Å². The number of aryl methyl sites for hydroxylation is 2. The quantitative estimate of drug-likeness (QED) is 0.529. The summed E-state index contributed by atoms with van der Waals surface area (Å²) in [6.07, 6.45) is 5.48. The largest absolute Gasteiger partial charge is 0.384 e. The van der Waals surface area contributed by atoms with Crippen LogP contribution >= 0.6 is 11.3 Å². The minimum absolute atomic E-state index is 0.130. The van der Waals surface area contributed by atoms with Gasteiger partial charge in [0.2, 0.25) is 0 Å². The minimum atomic E-state index is -0.375. The van der Waals surface area contributed by atoms with Gasteiger partial charge in [0, 0.05) is 33.1 Å². The molecule has 0 fully saturated rings. The second-order valence-corrected chi connectivity index (χ2v) is 11.1. The number of thiophene rings is 1. The number of nitrogens with zero attached hydrogens (tertiary/aromatic N) is 2. The van der Waals surface area contributed by atoms with Crippen molar-refractivity contribution in [2.24, 2.45) is 11.1 Å². The van der Waals surface area contributed by atoms with E-state index in [9.17, 15) is 10.1 Å². The zero-order valence-electron chi connectivity index (χ0n) is 20.1. The number of unbranched alkanes of at least 4 members (excludes halogenated alkanes) is 1. The molecule has 1 aromatic heterocycles. The highest BCUT2D eigenvalue weighted by Crippen LogP contribution is 2.51. The Hall–Kier alpha value is -2.84. The molecule has 2 aromatic rings. The van der Waals surface area contributed by atoms with Crippen molar-refractivity contribution in [3.05, 3.63) is 74.4 Å². The monoisotopic (exact) mass is 459 g/mol. The van der Waals surface area contributed by atoms with Crippen molar-refractivity contribution in [3.63, 3.8) is 0 Å². The van der Waals surface area contributed by atoms with Gasteiger partial charge in [-0.2, -0.15) is 5.26 Å². The van der Waals surface area contributed by atoms with Crippen LogP contribution in [-0.4, -0.2) is 5.78 Å². The molecule has 2 aliphatic rings. The molecule has 1 aliphatic carbocycles. The van der Waals surface area contributed by atoms with Crippen molar-refractivity contribution in [1.82, 2.24) is 0 Å². The number of benzene rings is 1. The average Bonchev–Trinajstić information content (AvgIpc) is 3.25. The maximum Gasteiger partial charge on any atom is 0.162 e. The maximum atomic E-state index is 13.6. The Labute approximate surface area is 201 Å². The standard InChI is InChI=1S/C28H33N3OS/c1-5-7-8-20-13-14-24(33-20)25-21(17-29)27(30)31(19-11-9-18(6-2)10-12-19)22-15-28(3,4)16-23(32)26(22)25/h9-14,25H,5-8,15-16,30H2,1-4H3. The number of carbonyl (C=O) groups excluding carboxylic acids is 1. The second-order valence-electron chi connectivity index (χ2n) is 9.91. The van der Waals surface area contributed by atoms with Gasteiger partial charge < -0.3 is 5.73 Å². The van der Waals surface area contributed by atoms with E-state index >= 15 is 0 Å². The van der Waals surface area contributed by atoms with E-state index in [4.69, 9.17) is 5.73 Å². The molecule has 0 radical (unpaired) electrons. The number of hydrogen-bond donors (Lipinski definition) is 1. The number of nitriles is 1. The molecule has 0 bridgehead atoms. The third kappa shape index (κ3) is 4.37. The molecular formula is C28H33N3OS. The molecule has 4 nitrogen and oxygen atoms in total. The summed E-state index contributed by atoms with van der Waals surface area (Å²) in [5, 5.41) is 10.2. The first-order valence-electron chi connectivity index (χ1n) is 11.9. The van der Waals surface area contributed by atoms with Crippen LogP contribution in [0.5, 0.6) is 0 Å². The lowest BCUT2D eigenvalue weighted by Gasteiger charge is -2.43. The molecular weight excluding hydrogens is 426 g/mol. The van der Waals surface area contributed by atoms with Gasteiger partial charge in [-0.15, -0.1) is 11.3 Å². The smallest absolute Gasteiger partial charge is 0.162 e. The highest BCUT2D eigenvalue weighted by Gasteiger charge is 2.45. The lowest BCUT2D eigenvalue weighted by Crippen LogP contribution is -2.42. The van der Waals surface area contributed by atoms with Gasteiger partial charge >= 0.3 is 0 Å². The van der Waals surface area contributed by atoms with Crippen molar-refractivity contribution < 1.29 is 4.79 Å². The highest BCUT2D eigenvalue weighted by atomic mass is 32.1. The Balaban J connectivity index is 1.89. The first-order valence-corrected chi connectivity index (χ1v) is 12.7. The first kappa shape index (κ1) is 23.3. The van der Waals surface area contributed by atoms with Gasteiger partial charge in [-0.05, 0) is 60.9 Å². The van der Waals surface area contributed by atoms with Gasteiger partial charge in [-0.1, -0.05) is 46.2 Å². The molecule has 172 valence electrons. The van der Waals surface area contributed by atoms with E-state index in [1.807, 2.05) is 17.0 Å². The molecule has 0 amide bonds. The highest BCUT2D eigenvalue weighted by molar-refractivity contribution is 7.12. The van der Waals surface area contributed by atoms with Gasteiger partial charge in [0.1, 0.15) is 5.82 Å². The SMILES string of the molecule is CCCCc1ccc(C2C(C#N)=C(N)N(c3ccc(CC)cc3)C3=C2C(=O)CC(C)(C)C3)s1. The van der Waals surface area contributed by atoms with E-state index in [2.05, 4.69) is 58.0 Å². The van der Waals surface area contributed by atoms with Crippen molar-refractivity contribution >= 4 is 22.8 Å². The lowest BCUT2D eigenvalue weighted by atomic mass is 9.69. The Bertz CT molecular complexity index is 1160. The zero-order valence-corrected chi connectivity index (χ0v) is 20.9. The summed E-state index contributed by atoms with van der Waals surface area (Å²) in [6.45, 7) is 8.58. The number of nitrogens with two attached hydrogens (primary N) is 1. The van der Waals surface area contributed by atoms with Crippen LogP contribution in [0.3, 0.4) is 0 Å². The summed E-state index contributed by atoms with van der Waals surface area (Å²) in [5.74, 6) is 0.199. The van der Waals surface area contributed by atoms with Crippen molar-refractivity contribution in [1.29, 1.82) is 5.26 Å². The number of Topliss-reactive ketones (excluding diaryl/α,β-unsaturated/α-hetero) is 1. The molecule has 1 unspecified atom stereocenters. The van der Waals surface area contributed by atoms with E-state index in [0.717, 1.165) is 53.9 Å². The molecule has 5 heteroatoms. The van der Waals surface area contributed by atoms with Crippen LogP contribution in [0.2, 0.25) is 0 Å². The first-order chi connectivity index (χ1) is 15.8. The summed E-state index contributed by atoms with van der Waals surface area (Å²) in [5.41, 5.74) is 10.9. The normalized spacial score (nSPS) is 20.2. The van der Waals surface area contributed by atoms with E-state index in [1.165, 1.54) is 10.4 Å². The Kier molecular flexibility index (Phi) is 6.50. The number of carbonyl (C=O) groups is 1. The van der Waals surface area contributed by atoms with E-state index < -0.39 is 0 Å². The van der Waals surface area contributed by atoms with Crippen LogP contribution in [-0.2, 0) is 17.6 Å². The molecule has 1 atom stereocenters. The molecule has 0 saturated carbocycles. The number of rotatable bonds is 6. The average molecular weight is 460 g/mol. The molecule has 1 aliphatic heterocycles. The summed E-state index contributed by atoms with van der Waals surface area (Å²) in [4.78, 5) is 17.9. The van der Waals surface area contributed by atoms with Gasteiger partial charge in [0.05, 0.1) is 17.6 Å². The number of ketones is 1. The zero-order chi connectivity index (χ0) is 23.8. The summed E-state index contributed by atoms with van der Waals surface area (Å²) >= 11 is 1.71. The topological polar surface area (TPSA) is 70.1 Å². The fourth-order valence-electron chi connectivity index (χ4n) is 5.00. The predicted octanol–water partition coefficient (Wildman–Crippen LogP) is 6.59. The molecule has 2 heterocycles. The fourth-order valence-corrected chi connectivity index (χ4v) is 6.18. The lowest BCUT2D eigenvalue weighted by molar-refractivity contribution is -0.118. The summed E-state index contributed by atoms with van der Waals surface area (Å²) in [6, 6.07) is 14.9. The molecule has 1 aromatic carbocycles. The molecule has 0 spiro atoms. The molecule has 2 N–H and O–H groups in total. The number of hydrogen-bond acceptors (Lipinski definition) is 5. The molecule has 0 saturated heterocycles. The van der Waals surface area contributed by atoms with Crippen molar-refractivity contribution in [2.45, 2.75) is 72.1 Å². The van der Waals surface area contributed by atoms with Crippen molar-refractivity contribution in [3.8, 4) is 6.07 Å². The van der Waals surface area contributed by atoms with Gasteiger partial charge in [0.15, 0.2) is 5.78 Å². The van der Waals surface area contributed by atoms with Crippen molar-refractivity contribution in [2.75, 3.05) is 4.90 Å². The van der Waals surface area contributed by atoms with Crippen LogP contribution in [0.25, 0.3) is 0 Å². The molecule has 4 rings (SSSR count). The summed E-state index contributed by atoms with van der Waals surface area (Å²) < 4.78 is 0. The maximum absolute atomic E-state index is 13.6. The van der Waals surface area contributed by atoms with Crippen LogP contribution in [0.1, 0.15) is 74.6 Å². The van der Waals surface area contributed by atoms with Gasteiger partial charge in [-0.25, -0.2) is 0 Å². The Morgan fingerprint density at radius 1 is 1.15 bits per heavy atom. The third-order valence-corrected chi connectivity index (χ3v) is 7.94.